The minimum Gasteiger partial charge on any atom is -0.462 e. The molecule has 0 saturated carbocycles. The van der Waals surface area contributed by atoms with Gasteiger partial charge in [-0.15, -0.1) is 12.6 Å². The molecule has 0 bridgehead atoms. The third kappa shape index (κ3) is 3.20. The van der Waals surface area contributed by atoms with Crippen molar-refractivity contribution in [2.75, 3.05) is 19.8 Å². The number of ether oxygens (including phenoxy) is 2. The van der Waals surface area contributed by atoms with Crippen molar-refractivity contribution in [1.29, 1.82) is 0 Å². The Hall–Kier alpha value is -1.07. The Morgan fingerprint density at radius 2 is 2.41 bits per heavy atom. The Labute approximate surface area is 104 Å². The molecule has 1 aromatic carbocycles. The van der Waals surface area contributed by atoms with Gasteiger partial charge in [0.05, 0.1) is 18.8 Å². The molecule has 0 amide bonds. The fraction of sp³-hybridized carbons (Fsp3) is 0.417. The van der Waals surface area contributed by atoms with Crippen molar-refractivity contribution in [1.82, 2.24) is 0 Å². The van der Waals surface area contributed by atoms with Crippen LogP contribution in [0.5, 0.6) is 0 Å². The molecule has 1 aliphatic rings. The number of hydrogen-bond acceptors (Lipinski definition) is 4. The highest BCUT2D eigenvalue weighted by Gasteiger charge is 2.19. The predicted octanol–water partition coefficient (Wildman–Crippen LogP) is 2.31. The molecule has 0 radical (unpaired) electrons. The third-order valence-electron chi connectivity index (χ3n) is 2.64. The fourth-order valence-corrected chi connectivity index (χ4v) is 1.86. The molecule has 0 spiro atoms. The van der Waals surface area contributed by atoms with E-state index >= 15 is 0 Å². The maximum absolute atomic E-state index is 13.4. The minimum absolute atomic E-state index is 0.0728. The third-order valence-corrected chi connectivity index (χ3v) is 2.92. The van der Waals surface area contributed by atoms with Crippen LogP contribution in [0.25, 0.3) is 0 Å². The number of thiol groups is 1. The summed E-state index contributed by atoms with van der Waals surface area (Å²) in [5.41, 5.74) is -0.0728. The van der Waals surface area contributed by atoms with Gasteiger partial charge in [0.1, 0.15) is 5.82 Å². The molecule has 0 aliphatic carbocycles. The average molecular weight is 256 g/mol. The Morgan fingerprint density at radius 3 is 3.12 bits per heavy atom. The summed E-state index contributed by atoms with van der Waals surface area (Å²) in [5, 5.41) is 0. The second kappa shape index (κ2) is 5.51. The van der Waals surface area contributed by atoms with Crippen molar-refractivity contribution in [3.05, 3.63) is 29.6 Å². The second-order valence-electron chi connectivity index (χ2n) is 3.99. The number of halogens is 1. The molecule has 1 fully saturated rings. The molecule has 1 heterocycles. The van der Waals surface area contributed by atoms with Gasteiger partial charge in [-0.2, -0.15) is 0 Å². The molecule has 1 atom stereocenters. The molecule has 17 heavy (non-hydrogen) atoms. The molecular weight excluding hydrogens is 243 g/mol. The summed E-state index contributed by atoms with van der Waals surface area (Å²) in [7, 11) is 0. The maximum Gasteiger partial charge on any atom is 0.341 e. The van der Waals surface area contributed by atoms with Crippen molar-refractivity contribution in [3.63, 3.8) is 0 Å². The minimum atomic E-state index is -0.648. The van der Waals surface area contributed by atoms with Crippen LogP contribution in [0.15, 0.2) is 23.1 Å². The number of benzene rings is 1. The van der Waals surface area contributed by atoms with Crippen LogP contribution in [-0.2, 0) is 9.47 Å². The topological polar surface area (TPSA) is 35.5 Å². The predicted molar refractivity (Wildman–Crippen MR) is 62.9 cm³/mol. The Kier molecular flexibility index (Phi) is 4.02. The summed E-state index contributed by atoms with van der Waals surface area (Å²) >= 11 is 4.06. The highest BCUT2D eigenvalue weighted by atomic mass is 32.1. The van der Waals surface area contributed by atoms with E-state index in [1.807, 2.05) is 0 Å². The maximum atomic E-state index is 13.4. The highest BCUT2D eigenvalue weighted by molar-refractivity contribution is 7.80. The lowest BCUT2D eigenvalue weighted by molar-refractivity contribution is 0.0422. The fourth-order valence-electron chi connectivity index (χ4n) is 1.66. The van der Waals surface area contributed by atoms with Crippen LogP contribution >= 0.6 is 12.6 Å². The summed E-state index contributed by atoms with van der Waals surface area (Å²) in [6, 6.07) is 4.06. The van der Waals surface area contributed by atoms with Crippen molar-refractivity contribution >= 4 is 18.6 Å². The summed E-state index contributed by atoms with van der Waals surface area (Å²) in [6.07, 6.45) is 0.877. The van der Waals surface area contributed by atoms with E-state index < -0.39 is 11.8 Å². The first kappa shape index (κ1) is 12.4. The van der Waals surface area contributed by atoms with E-state index in [2.05, 4.69) is 12.6 Å². The second-order valence-corrected chi connectivity index (χ2v) is 4.51. The molecular formula is C12H13FO3S. The van der Waals surface area contributed by atoms with Crippen LogP contribution in [0.1, 0.15) is 16.8 Å². The Morgan fingerprint density at radius 1 is 1.59 bits per heavy atom. The van der Waals surface area contributed by atoms with E-state index in [0.29, 0.717) is 18.1 Å². The Bertz CT molecular complexity index is 416. The lowest BCUT2D eigenvalue weighted by Crippen LogP contribution is -2.15. The van der Waals surface area contributed by atoms with E-state index in [1.165, 1.54) is 18.2 Å². The van der Waals surface area contributed by atoms with Gasteiger partial charge in [-0.3, -0.25) is 0 Å². The number of esters is 1. The Balaban J connectivity index is 1.96. The molecule has 3 nitrogen and oxygen atoms in total. The standard InChI is InChI=1S/C12H13FO3S/c13-11-2-1-9(17)5-10(11)12(14)16-7-8-3-4-15-6-8/h1-2,5,8,17H,3-4,6-7H2. The van der Waals surface area contributed by atoms with Gasteiger partial charge < -0.3 is 9.47 Å². The largest absolute Gasteiger partial charge is 0.462 e. The molecule has 1 aromatic rings. The zero-order valence-electron chi connectivity index (χ0n) is 9.19. The van der Waals surface area contributed by atoms with Crippen LogP contribution in [0, 0.1) is 11.7 Å². The molecule has 0 aromatic heterocycles. The van der Waals surface area contributed by atoms with Crippen LogP contribution < -0.4 is 0 Å². The van der Waals surface area contributed by atoms with Crippen LogP contribution in [0.2, 0.25) is 0 Å². The monoisotopic (exact) mass is 256 g/mol. The number of carbonyl (C=O) groups is 1. The van der Waals surface area contributed by atoms with Gasteiger partial charge in [-0.1, -0.05) is 0 Å². The lowest BCUT2D eigenvalue weighted by atomic mass is 10.1. The quantitative estimate of drug-likeness (QED) is 0.666. The van der Waals surface area contributed by atoms with Crippen LogP contribution in [0.4, 0.5) is 4.39 Å². The van der Waals surface area contributed by atoms with Gasteiger partial charge in [-0.25, -0.2) is 9.18 Å². The summed E-state index contributed by atoms with van der Waals surface area (Å²) in [6.45, 7) is 1.57. The molecule has 5 heteroatoms. The van der Waals surface area contributed by atoms with Gasteiger partial charge in [0, 0.05) is 17.4 Å². The molecule has 1 saturated heterocycles. The van der Waals surface area contributed by atoms with E-state index in [9.17, 15) is 9.18 Å². The van der Waals surface area contributed by atoms with Crippen molar-refractivity contribution in [2.45, 2.75) is 11.3 Å². The van der Waals surface area contributed by atoms with Gasteiger partial charge in [-0.05, 0) is 24.6 Å². The summed E-state index contributed by atoms with van der Waals surface area (Å²) in [5.74, 6) is -1.01. The van der Waals surface area contributed by atoms with Crippen LogP contribution in [0.3, 0.4) is 0 Å². The summed E-state index contributed by atoms with van der Waals surface area (Å²) in [4.78, 5) is 12.2. The number of carbonyl (C=O) groups excluding carboxylic acids is 1. The van der Waals surface area contributed by atoms with Gasteiger partial charge in [0.15, 0.2) is 0 Å². The van der Waals surface area contributed by atoms with Crippen molar-refractivity contribution < 1.29 is 18.7 Å². The first-order valence-corrected chi connectivity index (χ1v) is 5.85. The molecule has 1 aliphatic heterocycles. The molecule has 0 N–H and O–H groups in total. The summed E-state index contributed by atoms with van der Waals surface area (Å²) < 4.78 is 23.6. The van der Waals surface area contributed by atoms with E-state index in [1.54, 1.807) is 0 Å². The van der Waals surface area contributed by atoms with Gasteiger partial charge in [0.2, 0.25) is 0 Å². The SMILES string of the molecule is O=C(OCC1CCOC1)c1cc(S)ccc1F. The number of hydrogen-bond donors (Lipinski definition) is 1. The molecule has 1 unspecified atom stereocenters. The van der Waals surface area contributed by atoms with E-state index in [4.69, 9.17) is 9.47 Å². The first-order valence-electron chi connectivity index (χ1n) is 5.40. The normalized spacial score (nSPS) is 19.3. The van der Waals surface area contributed by atoms with E-state index in [0.717, 1.165) is 6.42 Å². The van der Waals surface area contributed by atoms with E-state index in [-0.39, 0.29) is 18.1 Å². The molecule has 2 rings (SSSR count). The van der Waals surface area contributed by atoms with Gasteiger partial charge in [0.25, 0.3) is 0 Å². The zero-order chi connectivity index (χ0) is 12.3. The van der Waals surface area contributed by atoms with Crippen molar-refractivity contribution in [3.8, 4) is 0 Å². The first-order chi connectivity index (χ1) is 8.16. The lowest BCUT2D eigenvalue weighted by Gasteiger charge is -2.09. The van der Waals surface area contributed by atoms with Crippen molar-refractivity contribution in [2.24, 2.45) is 5.92 Å². The molecule has 92 valence electrons. The number of rotatable bonds is 3. The average Bonchev–Trinajstić information content (AvgIpc) is 2.82. The van der Waals surface area contributed by atoms with Gasteiger partial charge >= 0.3 is 5.97 Å². The highest BCUT2D eigenvalue weighted by Crippen LogP contribution is 2.17. The zero-order valence-corrected chi connectivity index (χ0v) is 10.1. The van der Waals surface area contributed by atoms with Crippen LogP contribution in [-0.4, -0.2) is 25.8 Å². The smallest absolute Gasteiger partial charge is 0.341 e.